The third-order valence-electron chi connectivity index (χ3n) is 2.93. The number of amides is 1. The van der Waals surface area contributed by atoms with E-state index in [1.54, 1.807) is 20.1 Å². The average molecular weight is 237 g/mol. The van der Waals surface area contributed by atoms with Crippen LogP contribution in [0.4, 0.5) is 5.69 Å². The number of nitrogens with one attached hydrogen (secondary N) is 1. The Labute approximate surface area is 102 Å². The van der Waals surface area contributed by atoms with Crippen LogP contribution in [-0.2, 0) is 9.53 Å². The van der Waals surface area contributed by atoms with Crippen molar-refractivity contribution in [2.45, 2.75) is 25.9 Å². The fourth-order valence-electron chi connectivity index (χ4n) is 1.36. The molecule has 0 aliphatic rings. The zero-order chi connectivity index (χ0) is 12.9. The molecule has 0 saturated heterocycles. The minimum atomic E-state index is -0.803. The summed E-state index contributed by atoms with van der Waals surface area (Å²) >= 11 is 0. The topological polar surface area (TPSA) is 47.6 Å². The van der Waals surface area contributed by atoms with Gasteiger partial charge in [0.05, 0.1) is 7.11 Å². The van der Waals surface area contributed by atoms with Gasteiger partial charge in [0.1, 0.15) is 11.4 Å². The molecular weight excluding hydrogens is 218 g/mol. The van der Waals surface area contributed by atoms with Gasteiger partial charge in [-0.3, -0.25) is 4.79 Å². The third kappa shape index (κ3) is 3.20. The van der Waals surface area contributed by atoms with Crippen molar-refractivity contribution in [1.29, 1.82) is 0 Å². The van der Waals surface area contributed by atoms with E-state index in [0.29, 0.717) is 17.9 Å². The van der Waals surface area contributed by atoms with Gasteiger partial charge < -0.3 is 14.8 Å². The Kier molecular flexibility index (Phi) is 4.52. The molecule has 1 aromatic carbocycles. The van der Waals surface area contributed by atoms with Crippen LogP contribution in [0, 0.1) is 0 Å². The molecule has 1 atom stereocenters. The Morgan fingerprint density at radius 3 is 2.65 bits per heavy atom. The second-order valence-electron chi connectivity index (χ2n) is 3.97. The van der Waals surface area contributed by atoms with Crippen molar-refractivity contribution >= 4 is 11.6 Å². The lowest BCUT2D eigenvalue weighted by molar-refractivity contribution is -0.136. The van der Waals surface area contributed by atoms with Crippen molar-refractivity contribution in [3.8, 4) is 5.75 Å². The minimum absolute atomic E-state index is 0.157. The smallest absolute Gasteiger partial charge is 0.256 e. The van der Waals surface area contributed by atoms with Crippen LogP contribution in [-0.4, -0.2) is 25.7 Å². The van der Waals surface area contributed by atoms with E-state index in [1.165, 1.54) is 7.11 Å². The highest BCUT2D eigenvalue weighted by atomic mass is 16.5. The van der Waals surface area contributed by atoms with Gasteiger partial charge in [-0.15, -0.1) is 0 Å². The summed E-state index contributed by atoms with van der Waals surface area (Å²) in [5, 5.41) is 2.82. The highest BCUT2D eigenvalue weighted by Crippen LogP contribution is 2.20. The normalized spacial score (nSPS) is 13.9. The molecule has 4 nitrogen and oxygen atoms in total. The van der Waals surface area contributed by atoms with Crippen LogP contribution >= 0.6 is 0 Å². The van der Waals surface area contributed by atoms with Crippen LogP contribution in [0.2, 0.25) is 0 Å². The summed E-state index contributed by atoms with van der Waals surface area (Å²) in [6.45, 7) is 3.68. The lowest BCUT2D eigenvalue weighted by atomic mass is 10.0. The predicted molar refractivity (Wildman–Crippen MR) is 67.3 cm³/mol. The van der Waals surface area contributed by atoms with Crippen molar-refractivity contribution in [1.82, 2.24) is 0 Å². The molecule has 0 heterocycles. The number of anilines is 1. The van der Waals surface area contributed by atoms with E-state index in [9.17, 15) is 4.79 Å². The number of rotatable bonds is 5. The van der Waals surface area contributed by atoms with Crippen molar-refractivity contribution in [2.24, 2.45) is 0 Å². The molecule has 0 saturated carbocycles. The standard InChI is InChI=1S/C13H19NO3/c1-5-13(2,17-4)12(15)14-10-7-6-8-11(9-10)16-3/h6-9H,5H2,1-4H3,(H,14,15). The third-order valence-corrected chi connectivity index (χ3v) is 2.93. The first-order chi connectivity index (χ1) is 8.05. The second-order valence-corrected chi connectivity index (χ2v) is 3.97. The van der Waals surface area contributed by atoms with Crippen LogP contribution in [0.3, 0.4) is 0 Å². The number of ether oxygens (including phenoxy) is 2. The van der Waals surface area contributed by atoms with E-state index >= 15 is 0 Å². The maximum absolute atomic E-state index is 12.0. The summed E-state index contributed by atoms with van der Waals surface area (Å²) in [6.07, 6.45) is 0.610. The van der Waals surface area contributed by atoms with Gasteiger partial charge in [0.2, 0.25) is 0 Å². The molecular formula is C13H19NO3. The fourth-order valence-corrected chi connectivity index (χ4v) is 1.36. The molecule has 0 aromatic heterocycles. The Balaban J connectivity index is 2.80. The molecule has 1 rings (SSSR count). The molecule has 0 aliphatic carbocycles. The van der Waals surface area contributed by atoms with Crippen LogP contribution < -0.4 is 10.1 Å². The Morgan fingerprint density at radius 1 is 1.41 bits per heavy atom. The van der Waals surface area contributed by atoms with Gasteiger partial charge in [0, 0.05) is 18.9 Å². The number of hydrogen-bond donors (Lipinski definition) is 1. The number of hydrogen-bond acceptors (Lipinski definition) is 3. The van der Waals surface area contributed by atoms with E-state index in [2.05, 4.69) is 5.32 Å². The molecule has 4 heteroatoms. The Morgan fingerprint density at radius 2 is 2.12 bits per heavy atom. The van der Waals surface area contributed by atoms with Crippen molar-refractivity contribution in [2.75, 3.05) is 19.5 Å². The maximum Gasteiger partial charge on any atom is 0.256 e. The zero-order valence-corrected chi connectivity index (χ0v) is 10.7. The van der Waals surface area contributed by atoms with E-state index in [1.807, 2.05) is 25.1 Å². The molecule has 1 amide bonds. The first kappa shape index (κ1) is 13.5. The minimum Gasteiger partial charge on any atom is -0.497 e. The van der Waals surface area contributed by atoms with Gasteiger partial charge in [0.25, 0.3) is 5.91 Å². The van der Waals surface area contributed by atoms with E-state index < -0.39 is 5.60 Å². The fraction of sp³-hybridized carbons (Fsp3) is 0.462. The summed E-state index contributed by atoms with van der Waals surface area (Å²) < 4.78 is 10.3. The lowest BCUT2D eigenvalue weighted by Gasteiger charge is -2.25. The lowest BCUT2D eigenvalue weighted by Crippen LogP contribution is -2.41. The molecule has 1 aromatic rings. The first-order valence-electron chi connectivity index (χ1n) is 5.56. The Hall–Kier alpha value is -1.55. The predicted octanol–water partition coefficient (Wildman–Crippen LogP) is 2.45. The maximum atomic E-state index is 12.0. The Bertz CT molecular complexity index is 386. The highest BCUT2D eigenvalue weighted by molar-refractivity contribution is 5.97. The first-order valence-corrected chi connectivity index (χ1v) is 5.56. The highest BCUT2D eigenvalue weighted by Gasteiger charge is 2.30. The van der Waals surface area contributed by atoms with Crippen LogP contribution in [0.5, 0.6) is 5.75 Å². The molecule has 94 valence electrons. The number of benzene rings is 1. The van der Waals surface area contributed by atoms with E-state index in [0.717, 1.165) is 0 Å². The summed E-state index contributed by atoms with van der Waals surface area (Å²) in [4.78, 5) is 12.0. The van der Waals surface area contributed by atoms with Gasteiger partial charge in [-0.25, -0.2) is 0 Å². The van der Waals surface area contributed by atoms with Crippen LogP contribution in [0.15, 0.2) is 24.3 Å². The quantitative estimate of drug-likeness (QED) is 0.855. The zero-order valence-electron chi connectivity index (χ0n) is 10.7. The molecule has 0 fully saturated rings. The van der Waals surface area contributed by atoms with Crippen LogP contribution in [0.1, 0.15) is 20.3 Å². The SMILES string of the molecule is CCC(C)(OC)C(=O)Nc1cccc(OC)c1. The molecule has 0 spiro atoms. The number of carbonyl (C=O) groups is 1. The van der Waals surface area contributed by atoms with Gasteiger partial charge in [-0.2, -0.15) is 0 Å². The van der Waals surface area contributed by atoms with Gasteiger partial charge in [-0.05, 0) is 25.5 Å². The van der Waals surface area contributed by atoms with E-state index in [4.69, 9.17) is 9.47 Å². The van der Waals surface area contributed by atoms with E-state index in [-0.39, 0.29) is 5.91 Å². The molecule has 0 radical (unpaired) electrons. The largest absolute Gasteiger partial charge is 0.497 e. The van der Waals surface area contributed by atoms with Crippen molar-refractivity contribution < 1.29 is 14.3 Å². The summed E-state index contributed by atoms with van der Waals surface area (Å²) in [5.74, 6) is 0.550. The monoisotopic (exact) mass is 237 g/mol. The summed E-state index contributed by atoms with van der Waals surface area (Å²) in [5.41, 5.74) is -0.102. The molecule has 1 unspecified atom stereocenters. The molecule has 17 heavy (non-hydrogen) atoms. The molecule has 0 aliphatic heterocycles. The molecule has 0 bridgehead atoms. The van der Waals surface area contributed by atoms with Crippen LogP contribution in [0.25, 0.3) is 0 Å². The molecule has 1 N–H and O–H groups in total. The summed E-state index contributed by atoms with van der Waals surface area (Å²) in [6, 6.07) is 7.23. The second kappa shape index (κ2) is 5.68. The number of methoxy groups -OCH3 is 2. The van der Waals surface area contributed by atoms with Gasteiger partial charge in [0.15, 0.2) is 0 Å². The number of carbonyl (C=O) groups excluding carboxylic acids is 1. The average Bonchev–Trinajstić information content (AvgIpc) is 2.37. The van der Waals surface area contributed by atoms with Gasteiger partial charge in [-0.1, -0.05) is 13.0 Å². The van der Waals surface area contributed by atoms with Gasteiger partial charge >= 0.3 is 0 Å². The van der Waals surface area contributed by atoms with Crippen molar-refractivity contribution in [3.05, 3.63) is 24.3 Å². The van der Waals surface area contributed by atoms with Crippen molar-refractivity contribution in [3.63, 3.8) is 0 Å². The summed E-state index contributed by atoms with van der Waals surface area (Å²) in [7, 11) is 3.13.